The number of carbonyl (C=O) groups excluding carboxylic acids is 1. The Morgan fingerprint density at radius 3 is 2.45 bits per heavy atom. The molecule has 0 radical (unpaired) electrons. The number of rotatable bonds is 2. The summed E-state index contributed by atoms with van der Waals surface area (Å²) >= 11 is 0. The molecule has 1 aromatic rings. The van der Waals surface area contributed by atoms with Crippen molar-refractivity contribution in [3.05, 3.63) is 41.5 Å². The van der Waals surface area contributed by atoms with Gasteiger partial charge in [-0.2, -0.15) is 13.2 Å². The molecule has 6 heteroatoms. The van der Waals surface area contributed by atoms with Crippen molar-refractivity contribution in [2.75, 3.05) is 0 Å². The molecular weight excluding hydrogens is 269 g/mol. The molecule has 2 atom stereocenters. The Bertz CT molecular complexity index is 508. The third kappa shape index (κ3) is 3.60. The second kappa shape index (κ2) is 5.66. The minimum Gasteiger partial charge on any atom is -0.291 e. The third-order valence-electron chi connectivity index (χ3n) is 3.23. The molecule has 1 saturated heterocycles. The van der Waals surface area contributed by atoms with Crippen molar-refractivity contribution >= 4 is 12.0 Å². The quantitative estimate of drug-likeness (QED) is 0.876. The van der Waals surface area contributed by atoms with E-state index in [1.807, 2.05) is 13.0 Å². The number of amides is 1. The maximum absolute atomic E-state index is 12.4. The number of nitrogens with one attached hydrogen (secondary N) is 2. The van der Waals surface area contributed by atoms with Gasteiger partial charge in [-0.1, -0.05) is 31.2 Å². The van der Waals surface area contributed by atoms with Crippen LogP contribution in [0.1, 0.15) is 24.5 Å². The van der Waals surface area contributed by atoms with Crippen molar-refractivity contribution in [3.63, 3.8) is 0 Å². The van der Waals surface area contributed by atoms with Gasteiger partial charge in [-0.3, -0.25) is 10.2 Å². The molecule has 108 valence electrons. The molecule has 0 bridgehead atoms. The highest BCUT2D eigenvalue weighted by atomic mass is 19.4. The number of hydrogen-bond acceptors (Lipinski definition) is 2. The molecule has 20 heavy (non-hydrogen) atoms. The van der Waals surface area contributed by atoms with E-state index in [1.165, 1.54) is 12.1 Å². The van der Waals surface area contributed by atoms with Crippen molar-refractivity contribution in [2.24, 2.45) is 5.92 Å². The van der Waals surface area contributed by atoms with E-state index in [9.17, 15) is 18.0 Å². The molecule has 1 aromatic carbocycles. The van der Waals surface area contributed by atoms with Crippen LogP contribution in [0.4, 0.5) is 13.2 Å². The largest absolute Gasteiger partial charge is 0.416 e. The number of carbonyl (C=O) groups is 1. The fourth-order valence-corrected chi connectivity index (χ4v) is 2.01. The van der Waals surface area contributed by atoms with Crippen LogP contribution in [-0.4, -0.2) is 11.9 Å². The van der Waals surface area contributed by atoms with Gasteiger partial charge in [-0.15, -0.1) is 0 Å². The van der Waals surface area contributed by atoms with Crippen LogP contribution < -0.4 is 10.9 Å². The number of hydrazine groups is 1. The number of alkyl halides is 3. The smallest absolute Gasteiger partial charge is 0.291 e. The van der Waals surface area contributed by atoms with Gasteiger partial charge in [0.1, 0.15) is 0 Å². The van der Waals surface area contributed by atoms with E-state index >= 15 is 0 Å². The maximum Gasteiger partial charge on any atom is 0.416 e. The van der Waals surface area contributed by atoms with E-state index in [4.69, 9.17) is 0 Å². The molecule has 1 amide bonds. The average molecular weight is 284 g/mol. The van der Waals surface area contributed by atoms with Crippen LogP contribution in [0.25, 0.3) is 6.08 Å². The molecule has 2 N–H and O–H groups in total. The first-order valence-corrected chi connectivity index (χ1v) is 6.26. The van der Waals surface area contributed by atoms with E-state index in [1.54, 1.807) is 6.08 Å². The second-order valence-corrected chi connectivity index (χ2v) is 4.88. The third-order valence-corrected chi connectivity index (χ3v) is 3.23. The lowest BCUT2D eigenvalue weighted by Gasteiger charge is -2.27. The van der Waals surface area contributed by atoms with Crippen LogP contribution in [0.2, 0.25) is 0 Å². The molecule has 1 heterocycles. The van der Waals surface area contributed by atoms with Crippen molar-refractivity contribution in [1.82, 2.24) is 10.9 Å². The Morgan fingerprint density at radius 1 is 1.25 bits per heavy atom. The zero-order chi connectivity index (χ0) is 14.8. The van der Waals surface area contributed by atoms with Crippen LogP contribution in [0.3, 0.4) is 0 Å². The molecule has 1 aliphatic heterocycles. The first-order valence-electron chi connectivity index (χ1n) is 6.26. The number of hydrogen-bond donors (Lipinski definition) is 2. The summed E-state index contributed by atoms with van der Waals surface area (Å²) in [5.41, 5.74) is 5.42. The van der Waals surface area contributed by atoms with Gasteiger partial charge in [0.15, 0.2) is 0 Å². The summed E-state index contributed by atoms with van der Waals surface area (Å²) in [6.07, 6.45) is -0.306. The maximum atomic E-state index is 12.4. The Kier molecular flexibility index (Phi) is 4.13. The summed E-state index contributed by atoms with van der Waals surface area (Å²) < 4.78 is 37.2. The van der Waals surface area contributed by atoms with E-state index < -0.39 is 11.7 Å². The summed E-state index contributed by atoms with van der Waals surface area (Å²) in [5, 5.41) is 0. The Labute approximate surface area is 114 Å². The lowest BCUT2D eigenvalue weighted by molar-refractivity contribution is -0.137. The van der Waals surface area contributed by atoms with Crippen molar-refractivity contribution in [2.45, 2.75) is 25.6 Å². The highest BCUT2D eigenvalue weighted by Gasteiger charge is 2.29. The van der Waals surface area contributed by atoms with E-state index in [0.29, 0.717) is 12.0 Å². The first-order chi connectivity index (χ1) is 9.36. The molecule has 3 nitrogen and oxygen atoms in total. The molecule has 0 spiro atoms. The first kappa shape index (κ1) is 14.6. The van der Waals surface area contributed by atoms with E-state index in [-0.39, 0.29) is 17.9 Å². The number of benzene rings is 1. The topological polar surface area (TPSA) is 41.1 Å². The van der Waals surface area contributed by atoms with Gasteiger partial charge < -0.3 is 0 Å². The summed E-state index contributed by atoms with van der Waals surface area (Å²) in [5.74, 6) is 0.0751. The monoisotopic (exact) mass is 284 g/mol. The normalized spacial score (nSPS) is 23.9. The molecule has 2 rings (SSSR count). The standard InChI is InChI=1S/C14H15F3N2O/c1-9-8-13(20)19-18-12(9)7-4-10-2-5-11(6-3-10)14(15,16)17/h2-7,9,12,18H,8H2,1H3,(H,19,20)/b7-4+. The molecule has 2 unspecified atom stereocenters. The minimum absolute atomic E-state index is 0.0324. The van der Waals surface area contributed by atoms with Crippen molar-refractivity contribution < 1.29 is 18.0 Å². The SMILES string of the molecule is CC1CC(=O)NNC1/C=C/c1ccc(C(F)(F)F)cc1. The van der Waals surface area contributed by atoms with Gasteiger partial charge in [0.05, 0.1) is 5.56 Å². The molecule has 1 fully saturated rings. The zero-order valence-electron chi connectivity index (χ0n) is 10.9. The van der Waals surface area contributed by atoms with Gasteiger partial charge in [-0.25, -0.2) is 5.43 Å². The average Bonchev–Trinajstić information content (AvgIpc) is 2.37. The van der Waals surface area contributed by atoms with Gasteiger partial charge >= 0.3 is 6.18 Å². The molecule has 0 saturated carbocycles. The Hall–Kier alpha value is -1.82. The van der Waals surface area contributed by atoms with Crippen LogP contribution >= 0.6 is 0 Å². The van der Waals surface area contributed by atoms with Gasteiger partial charge in [0.25, 0.3) is 0 Å². The number of halogens is 3. The summed E-state index contributed by atoms with van der Waals surface area (Å²) in [7, 11) is 0. The molecule has 1 aliphatic rings. The predicted molar refractivity (Wildman–Crippen MR) is 69.3 cm³/mol. The van der Waals surface area contributed by atoms with Crippen LogP contribution in [0.5, 0.6) is 0 Å². The Morgan fingerprint density at radius 2 is 1.90 bits per heavy atom. The van der Waals surface area contributed by atoms with E-state index in [2.05, 4.69) is 10.9 Å². The second-order valence-electron chi connectivity index (χ2n) is 4.88. The summed E-state index contributed by atoms with van der Waals surface area (Å²) in [4.78, 5) is 11.1. The van der Waals surface area contributed by atoms with Gasteiger partial charge in [-0.05, 0) is 23.6 Å². The van der Waals surface area contributed by atoms with Crippen molar-refractivity contribution in [1.29, 1.82) is 0 Å². The molecule has 0 aromatic heterocycles. The lowest BCUT2D eigenvalue weighted by atomic mass is 9.96. The highest BCUT2D eigenvalue weighted by Crippen LogP contribution is 2.29. The fourth-order valence-electron chi connectivity index (χ4n) is 2.01. The van der Waals surface area contributed by atoms with Gasteiger partial charge in [0, 0.05) is 12.5 Å². The molecule has 0 aliphatic carbocycles. The van der Waals surface area contributed by atoms with Crippen LogP contribution in [0.15, 0.2) is 30.3 Å². The Balaban J connectivity index is 2.03. The fraction of sp³-hybridized carbons (Fsp3) is 0.357. The van der Waals surface area contributed by atoms with E-state index in [0.717, 1.165) is 12.1 Å². The summed E-state index contributed by atoms with van der Waals surface area (Å²) in [6.45, 7) is 1.94. The van der Waals surface area contributed by atoms with Crippen molar-refractivity contribution in [3.8, 4) is 0 Å². The predicted octanol–water partition coefficient (Wildman–Crippen LogP) is 2.75. The minimum atomic E-state index is -4.31. The zero-order valence-corrected chi connectivity index (χ0v) is 10.9. The van der Waals surface area contributed by atoms with Gasteiger partial charge in [0.2, 0.25) is 5.91 Å². The van der Waals surface area contributed by atoms with Crippen LogP contribution in [-0.2, 0) is 11.0 Å². The highest BCUT2D eigenvalue weighted by molar-refractivity contribution is 5.76. The lowest BCUT2D eigenvalue weighted by Crippen LogP contribution is -2.52. The van der Waals surface area contributed by atoms with Crippen LogP contribution in [0, 0.1) is 5.92 Å². The summed E-state index contributed by atoms with van der Waals surface area (Å²) in [6, 6.07) is 4.92. The molecular formula is C14H15F3N2O.